The van der Waals surface area contributed by atoms with Crippen molar-refractivity contribution >= 4 is 5.96 Å². The summed E-state index contributed by atoms with van der Waals surface area (Å²) in [5.74, 6) is 0.00619. The Morgan fingerprint density at radius 2 is 2.00 bits per heavy atom. The van der Waals surface area contributed by atoms with Gasteiger partial charge in [0.15, 0.2) is 11.4 Å². The highest BCUT2D eigenvalue weighted by Crippen LogP contribution is 2.15. The van der Waals surface area contributed by atoms with Crippen LogP contribution in [0, 0.1) is 12.3 Å². The van der Waals surface area contributed by atoms with Gasteiger partial charge < -0.3 is 21.4 Å². The Hall–Kier alpha value is -2.60. The minimum atomic E-state index is 0.00619. The van der Waals surface area contributed by atoms with Gasteiger partial charge in [-0.2, -0.15) is 0 Å². The van der Waals surface area contributed by atoms with Gasteiger partial charge in [-0.1, -0.05) is 24.3 Å². The predicted molar refractivity (Wildman–Crippen MR) is 93.5 cm³/mol. The second-order valence-electron chi connectivity index (χ2n) is 5.46. The van der Waals surface area contributed by atoms with Crippen molar-refractivity contribution in [3.63, 3.8) is 0 Å². The average Bonchev–Trinajstić information content (AvgIpc) is 2.51. The van der Waals surface area contributed by atoms with Crippen LogP contribution in [0.2, 0.25) is 0 Å². The molecular formula is C17H23N5O. The van der Waals surface area contributed by atoms with Crippen LogP contribution in [0.5, 0.6) is 0 Å². The summed E-state index contributed by atoms with van der Waals surface area (Å²) in [4.78, 5) is 15.1. The largest absolute Gasteiger partial charge is 0.370 e. The molecule has 0 aliphatic carbocycles. The van der Waals surface area contributed by atoms with Gasteiger partial charge in [-0.3, -0.25) is 10.2 Å². The van der Waals surface area contributed by atoms with Crippen molar-refractivity contribution in [1.29, 1.82) is 5.41 Å². The lowest BCUT2D eigenvalue weighted by Gasteiger charge is -2.07. The van der Waals surface area contributed by atoms with E-state index in [-0.39, 0.29) is 11.4 Å². The first kappa shape index (κ1) is 16.8. The Bertz CT molecular complexity index is 706. The molecule has 0 amide bonds. The van der Waals surface area contributed by atoms with E-state index in [2.05, 4.69) is 15.6 Å². The number of nitrogens with two attached hydrogens (primary N) is 1. The predicted octanol–water partition coefficient (Wildman–Crippen LogP) is 1.31. The van der Waals surface area contributed by atoms with Gasteiger partial charge in [0.05, 0.1) is 0 Å². The summed E-state index contributed by atoms with van der Waals surface area (Å²) < 4.78 is 0. The van der Waals surface area contributed by atoms with E-state index in [9.17, 15) is 4.79 Å². The van der Waals surface area contributed by atoms with Gasteiger partial charge in [-0.25, -0.2) is 0 Å². The van der Waals surface area contributed by atoms with Crippen molar-refractivity contribution < 1.29 is 0 Å². The maximum Gasteiger partial charge on any atom is 0.189 e. The third-order valence-corrected chi connectivity index (χ3v) is 3.50. The number of benzene rings is 1. The molecule has 0 saturated carbocycles. The molecule has 6 N–H and O–H groups in total. The van der Waals surface area contributed by atoms with Crippen LogP contribution in [0.25, 0.3) is 11.1 Å². The highest BCUT2D eigenvalue weighted by molar-refractivity contribution is 5.74. The van der Waals surface area contributed by atoms with Gasteiger partial charge in [0, 0.05) is 36.6 Å². The van der Waals surface area contributed by atoms with Crippen LogP contribution in [-0.2, 0) is 6.54 Å². The lowest BCUT2D eigenvalue weighted by atomic mass is 10.0. The van der Waals surface area contributed by atoms with Crippen molar-refractivity contribution in [3.8, 4) is 11.1 Å². The Morgan fingerprint density at radius 3 is 2.65 bits per heavy atom. The van der Waals surface area contributed by atoms with Gasteiger partial charge >= 0.3 is 0 Å². The second-order valence-corrected chi connectivity index (χ2v) is 5.46. The topological polar surface area (TPSA) is 107 Å². The second kappa shape index (κ2) is 8.14. The van der Waals surface area contributed by atoms with Crippen LogP contribution in [0.15, 0.2) is 41.3 Å². The quantitative estimate of drug-likeness (QED) is 0.302. The zero-order valence-corrected chi connectivity index (χ0v) is 13.3. The Morgan fingerprint density at radius 1 is 1.26 bits per heavy atom. The van der Waals surface area contributed by atoms with Crippen molar-refractivity contribution in [1.82, 2.24) is 15.6 Å². The molecule has 0 radical (unpaired) electrons. The molecule has 1 aromatic carbocycles. The van der Waals surface area contributed by atoms with Gasteiger partial charge in [-0.05, 0) is 31.0 Å². The first-order valence-electron chi connectivity index (χ1n) is 7.63. The zero-order chi connectivity index (χ0) is 16.7. The fourth-order valence-electron chi connectivity index (χ4n) is 2.27. The molecule has 0 unspecified atom stereocenters. The molecule has 0 bridgehead atoms. The maximum absolute atomic E-state index is 12.0. The van der Waals surface area contributed by atoms with Gasteiger partial charge in [0.25, 0.3) is 0 Å². The number of aromatic nitrogens is 1. The summed E-state index contributed by atoms with van der Waals surface area (Å²) in [5.41, 5.74) is 8.87. The van der Waals surface area contributed by atoms with E-state index >= 15 is 0 Å². The van der Waals surface area contributed by atoms with E-state index in [0.29, 0.717) is 12.1 Å². The minimum Gasteiger partial charge on any atom is -0.370 e. The molecule has 0 atom stereocenters. The average molecular weight is 313 g/mol. The Kier molecular flexibility index (Phi) is 5.94. The van der Waals surface area contributed by atoms with Gasteiger partial charge in [0.1, 0.15) is 0 Å². The smallest absolute Gasteiger partial charge is 0.189 e. The molecule has 23 heavy (non-hydrogen) atoms. The van der Waals surface area contributed by atoms with Gasteiger partial charge in [-0.15, -0.1) is 0 Å². The van der Waals surface area contributed by atoms with Crippen LogP contribution in [0.3, 0.4) is 0 Å². The first-order valence-corrected chi connectivity index (χ1v) is 7.63. The third-order valence-electron chi connectivity index (χ3n) is 3.50. The number of H-pyrrole nitrogens is 1. The lowest BCUT2D eigenvalue weighted by molar-refractivity contribution is 0.639. The first-order chi connectivity index (χ1) is 11.1. The Labute approximate surface area is 135 Å². The van der Waals surface area contributed by atoms with E-state index in [4.69, 9.17) is 11.1 Å². The molecule has 1 aromatic heterocycles. The molecule has 6 nitrogen and oxygen atoms in total. The Balaban J connectivity index is 1.85. The van der Waals surface area contributed by atoms with Crippen LogP contribution < -0.4 is 21.8 Å². The fourth-order valence-corrected chi connectivity index (χ4v) is 2.27. The van der Waals surface area contributed by atoms with E-state index < -0.39 is 0 Å². The highest BCUT2D eigenvalue weighted by Gasteiger charge is 2.03. The number of hydrogen-bond acceptors (Lipinski definition) is 3. The highest BCUT2D eigenvalue weighted by atomic mass is 16.1. The summed E-state index contributed by atoms with van der Waals surface area (Å²) in [7, 11) is 0. The minimum absolute atomic E-state index is 0.00619. The molecule has 6 heteroatoms. The molecule has 122 valence electrons. The number of nitrogens with one attached hydrogen (secondary N) is 4. The van der Waals surface area contributed by atoms with Gasteiger partial charge in [0.2, 0.25) is 0 Å². The number of rotatable bonds is 7. The molecule has 0 aliphatic rings. The molecule has 0 saturated heterocycles. The van der Waals surface area contributed by atoms with E-state index in [1.54, 1.807) is 12.3 Å². The maximum atomic E-state index is 12.0. The molecule has 1 heterocycles. The molecule has 0 fully saturated rings. The molecular weight excluding hydrogens is 290 g/mol. The van der Waals surface area contributed by atoms with Crippen molar-refractivity contribution in [2.45, 2.75) is 19.9 Å². The summed E-state index contributed by atoms with van der Waals surface area (Å²) >= 11 is 0. The zero-order valence-electron chi connectivity index (χ0n) is 13.3. The summed E-state index contributed by atoms with van der Waals surface area (Å²) in [6, 6.07) is 9.59. The fraction of sp³-hybridized carbons (Fsp3) is 0.294. The normalized spacial score (nSPS) is 10.5. The SMILES string of the molecule is Cc1cc(=O)c(-c2ccc(CNCCCNC(=N)N)cc2)c[nH]1. The van der Waals surface area contributed by atoms with E-state index in [0.717, 1.165) is 36.3 Å². The van der Waals surface area contributed by atoms with Crippen LogP contribution in [-0.4, -0.2) is 24.0 Å². The van der Waals surface area contributed by atoms with Crippen molar-refractivity contribution in [2.24, 2.45) is 5.73 Å². The number of guanidine groups is 1. The number of hydrogen-bond donors (Lipinski definition) is 5. The monoisotopic (exact) mass is 313 g/mol. The van der Waals surface area contributed by atoms with Crippen molar-refractivity contribution in [3.05, 3.63) is 58.0 Å². The van der Waals surface area contributed by atoms with Crippen LogP contribution in [0.4, 0.5) is 0 Å². The third kappa shape index (κ3) is 5.27. The number of aryl methyl sites for hydroxylation is 1. The summed E-state index contributed by atoms with van der Waals surface area (Å²) in [6.07, 6.45) is 2.66. The number of pyridine rings is 1. The molecule has 0 aliphatic heterocycles. The molecule has 0 spiro atoms. The lowest BCUT2D eigenvalue weighted by Crippen LogP contribution is -2.32. The van der Waals surface area contributed by atoms with E-state index in [1.165, 1.54) is 0 Å². The van der Waals surface area contributed by atoms with Crippen LogP contribution in [0.1, 0.15) is 17.7 Å². The summed E-state index contributed by atoms with van der Waals surface area (Å²) in [5, 5.41) is 13.2. The number of aromatic amines is 1. The van der Waals surface area contributed by atoms with Crippen molar-refractivity contribution in [2.75, 3.05) is 13.1 Å². The van der Waals surface area contributed by atoms with Crippen LogP contribution >= 0.6 is 0 Å². The molecule has 2 rings (SSSR count). The standard InChI is InChI=1S/C17H23N5O/c1-12-9-16(23)15(11-22-12)14-5-3-13(4-6-14)10-20-7-2-8-21-17(18)19/h3-6,9,11,20H,2,7-8,10H2,1H3,(H,22,23)(H4,18,19,21). The molecule has 2 aromatic rings. The van der Waals surface area contributed by atoms with E-state index in [1.807, 2.05) is 31.2 Å². The summed E-state index contributed by atoms with van der Waals surface area (Å²) in [6.45, 7) is 4.17.